The number of rotatable bonds is 5. The molecule has 0 saturated carbocycles. The van der Waals surface area contributed by atoms with Crippen molar-refractivity contribution in [2.24, 2.45) is 0 Å². The first-order chi connectivity index (χ1) is 7.92. The predicted octanol–water partition coefficient (Wildman–Crippen LogP) is 2.27. The van der Waals surface area contributed by atoms with Gasteiger partial charge in [-0.3, -0.25) is 0 Å². The summed E-state index contributed by atoms with van der Waals surface area (Å²) in [4.78, 5) is 0. The highest BCUT2D eigenvalue weighted by molar-refractivity contribution is 7.03. The van der Waals surface area contributed by atoms with E-state index in [0.29, 0.717) is 0 Å². The summed E-state index contributed by atoms with van der Waals surface area (Å²) in [5.74, 6) is 0. The average molecular weight is 239 g/mol. The fraction of sp³-hybridized carbons (Fsp3) is 0.636. The van der Waals surface area contributed by atoms with E-state index in [-0.39, 0.29) is 6.04 Å². The van der Waals surface area contributed by atoms with E-state index >= 15 is 0 Å². The van der Waals surface area contributed by atoms with Crippen molar-refractivity contribution in [2.75, 3.05) is 13.2 Å². The molecule has 1 aliphatic heterocycles. The Bertz CT molecular complexity index is 337. The number of hydrogen-bond acceptors (Lipinski definition) is 5. The Kier molecular flexibility index (Phi) is 4.30. The lowest BCUT2D eigenvalue weighted by Gasteiger charge is -2.22. The van der Waals surface area contributed by atoms with Gasteiger partial charge in [-0.25, -0.2) is 0 Å². The zero-order chi connectivity index (χ0) is 11.2. The third-order valence-electron chi connectivity index (χ3n) is 2.60. The first kappa shape index (κ1) is 11.5. The van der Waals surface area contributed by atoms with E-state index in [1.165, 1.54) is 17.1 Å². The molecule has 4 nitrogen and oxygen atoms in total. The molecule has 1 aliphatic rings. The van der Waals surface area contributed by atoms with Gasteiger partial charge < -0.3 is 10.1 Å². The summed E-state index contributed by atoms with van der Waals surface area (Å²) in [7, 11) is 0. The van der Waals surface area contributed by atoms with Crippen LogP contribution in [-0.4, -0.2) is 22.7 Å². The van der Waals surface area contributed by atoms with Gasteiger partial charge in [0.05, 0.1) is 24.6 Å². The molecule has 5 heteroatoms. The van der Waals surface area contributed by atoms with Crippen LogP contribution in [0, 0.1) is 0 Å². The molecule has 0 amide bonds. The van der Waals surface area contributed by atoms with Crippen molar-refractivity contribution in [3.05, 3.63) is 22.9 Å². The lowest BCUT2D eigenvalue weighted by Crippen LogP contribution is -2.25. The molecule has 0 fully saturated rings. The summed E-state index contributed by atoms with van der Waals surface area (Å²) in [6.45, 7) is 3.98. The highest BCUT2D eigenvalue weighted by atomic mass is 32.1. The summed E-state index contributed by atoms with van der Waals surface area (Å²) in [5.41, 5.74) is 2.29. The van der Waals surface area contributed by atoms with Crippen molar-refractivity contribution in [1.29, 1.82) is 0 Å². The van der Waals surface area contributed by atoms with Crippen LogP contribution in [-0.2, 0) is 4.74 Å². The molecule has 2 rings (SSSR count). The third kappa shape index (κ3) is 2.80. The number of hydrogen-bond donors (Lipinski definition) is 1. The van der Waals surface area contributed by atoms with Crippen molar-refractivity contribution in [3.63, 3.8) is 0 Å². The fourth-order valence-electron chi connectivity index (χ4n) is 1.81. The van der Waals surface area contributed by atoms with Crippen LogP contribution < -0.4 is 5.32 Å². The lowest BCUT2D eigenvalue weighted by atomic mass is 10.00. The van der Waals surface area contributed by atoms with Gasteiger partial charge in [0, 0.05) is 5.38 Å². The van der Waals surface area contributed by atoms with E-state index in [1.54, 1.807) is 0 Å². The van der Waals surface area contributed by atoms with E-state index < -0.39 is 0 Å². The van der Waals surface area contributed by atoms with Gasteiger partial charge in [0.15, 0.2) is 0 Å². The zero-order valence-corrected chi connectivity index (χ0v) is 10.3. The van der Waals surface area contributed by atoms with Gasteiger partial charge in [-0.05, 0) is 42.9 Å². The van der Waals surface area contributed by atoms with Gasteiger partial charge >= 0.3 is 0 Å². The Morgan fingerprint density at radius 1 is 1.62 bits per heavy atom. The van der Waals surface area contributed by atoms with Crippen molar-refractivity contribution in [3.8, 4) is 0 Å². The van der Waals surface area contributed by atoms with E-state index in [0.717, 1.165) is 38.1 Å². The van der Waals surface area contributed by atoms with E-state index in [2.05, 4.69) is 21.8 Å². The fourth-order valence-corrected chi connectivity index (χ4v) is 2.29. The summed E-state index contributed by atoms with van der Waals surface area (Å²) in [6.07, 6.45) is 5.17. The second kappa shape index (κ2) is 5.96. The molecule has 0 radical (unpaired) electrons. The minimum absolute atomic E-state index is 0.180. The Labute approximate surface area is 99.9 Å². The zero-order valence-electron chi connectivity index (χ0n) is 9.48. The minimum Gasteiger partial charge on any atom is -0.501 e. The highest BCUT2D eigenvalue weighted by Gasteiger charge is 2.20. The van der Waals surface area contributed by atoms with Crippen LogP contribution in [0.4, 0.5) is 0 Å². The molecule has 0 bridgehead atoms. The quantitative estimate of drug-likeness (QED) is 0.856. The number of aromatic nitrogens is 2. The first-order valence-corrected chi connectivity index (χ1v) is 6.56. The Morgan fingerprint density at radius 2 is 2.56 bits per heavy atom. The van der Waals surface area contributed by atoms with Crippen LogP contribution in [0.2, 0.25) is 0 Å². The summed E-state index contributed by atoms with van der Waals surface area (Å²) in [5, 5.41) is 9.65. The van der Waals surface area contributed by atoms with E-state index in [1.807, 2.05) is 11.6 Å². The van der Waals surface area contributed by atoms with Crippen LogP contribution in [0.5, 0.6) is 0 Å². The summed E-state index contributed by atoms with van der Waals surface area (Å²) < 4.78 is 9.32. The van der Waals surface area contributed by atoms with Crippen LogP contribution in [0.25, 0.3) is 0 Å². The monoisotopic (exact) mass is 239 g/mol. The smallest absolute Gasteiger partial charge is 0.0968 e. The second-order valence-corrected chi connectivity index (χ2v) is 4.49. The number of nitrogens with zero attached hydrogens (tertiary/aromatic N) is 2. The van der Waals surface area contributed by atoms with Crippen molar-refractivity contribution < 1.29 is 4.74 Å². The molecule has 1 atom stereocenters. The first-order valence-electron chi connectivity index (χ1n) is 5.72. The maximum Gasteiger partial charge on any atom is 0.0968 e. The molecule has 0 spiro atoms. The van der Waals surface area contributed by atoms with E-state index in [9.17, 15) is 0 Å². The van der Waals surface area contributed by atoms with Crippen molar-refractivity contribution in [1.82, 2.24) is 14.9 Å². The number of ether oxygens (including phenoxy) is 1. The van der Waals surface area contributed by atoms with Crippen LogP contribution in [0.15, 0.2) is 17.2 Å². The summed E-state index contributed by atoms with van der Waals surface area (Å²) >= 11 is 1.40. The van der Waals surface area contributed by atoms with Gasteiger partial charge in [-0.15, -0.1) is 5.10 Å². The molecular weight excluding hydrogens is 222 g/mol. The molecule has 2 heterocycles. The Hall–Kier alpha value is -0.940. The molecule has 1 N–H and O–H groups in total. The van der Waals surface area contributed by atoms with Gasteiger partial charge in [-0.2, -0.15) is 0 Å². The van der Waals surface area contributed by atoms with E-state index in [4.69, 9.17) is 4.74 Å². The van der Waals surface area contributed by atoms with Crippen LogP contribution in [0.3, 0.4) is 0 Å². The molecule has 1 unspecified atom stereocenters. The molecule has 16 heavy (non-hydrogen) atoms. The Morgan fingerprint density at radius 3 is 3.19 bits per heavy atom. The van der Waals surface area contributed by atoms with Gasteiger partial charge in [0.1, 0.15) is 0 Å². The lowest BCUT2D eigenvalue weighted by molar-refractivity contribution is 0.219. The van der Waals surface area contributed by atoms with Gasteiger partial charge in [-0.1, -0.05) is 11.4 Å². The van der Waals surface area contributed by atoms with Crippen molar-refractivity contribution in [2.45, 2.75) is 32.2 Å². The maximum atomic E-state index is 5.39. The molecule has 0 aliphatic carbocycles. The molecule has 1 aromatic rings. The highest BCUT2D eigenvalue weighted by Crippen LogP contribution is 2.26. The van der Waals surface area contributed by atoms with Crippen LogP contribution >= 0.6 is 11.5 Å². The van der Waals surface area contributed by atoms with Gasteiger partial charge in [0.25, 0.3) is 0 Å². The topological polar surface area (TPSA) is 47.0 Å². The third-order valence-corrected chi connectivity index (χ3v) is 3.13. The maximum absolute atomic E-state index is 5.39. The number of nitrogens with one attached hydrogen (secondary N) is 1. The molecule has 1 aromatic heterocycles. The average Bonchev–Trinajstić information content (AvgIpc) is 2.85. The molecular formula is C11H17N3OS. The Balaban J connectivity index is 2.10. The standard InChI is InChI=1S/C11H17N3OS/c1-2-5-12-11(10-8-16-14-13-10)9-4-3-6-15-7-9/h7-8,11-12H,2-6H2,1H3. The van der Waals surface area contributed by atoms with Crippen LogP contribution in [0.1, 0.15) is 37.9 Å². The molecule has 0 aromatic carbocycles. The predicted molar refractivity (Wildman–Crippen MR) is 64.2 cm³/mol. The largest absolute Gasteiger partial charge is 0.501 e. The minimum atomic E-state index is 0.180. The molecule has 0 saturated heterocycles. The second-order valence-electron chi connectivity index (χ2n) is 3.88. The van der Waals surface area contributed by atoms with Crippen molar-refractivity contribution >= 4 is 11.5 Å². The molecule has 88 valence electrons. The summed E-state index contributed by atoms with van der Waals surface area (Å²) in [6, 6.07) is 0.180. The normalized spacial score (nSPS) is 17.7. The SMILES string of the molecule is CCCNC(C1=COCCC1)c1csnn1. The van der Waals surface area contributed by atoms with Gasteiger partial charge in [0.2, 0.25) is 0 Å².